The summed E-state index contributed by atoms with van der Waals surface area (Å²) in [6.45, 7) is 7.24. The molecular weight excluding hydrogens is 196 g/mol. The Morgan fingerprint density at radius 2 is 1.88 bits per heavy atom. The van der Waals surface area contributed by atoms with E-state index < -0.39 is 0 Å². The number of rotatable bonds is 2. The van der Waals surface area contributed by atoms with E-state index in [-0.39, 0.29) is 0 Å². The Labute approximate surface area is 97.1 Å². The zero-order chi connectivity index (χ0) is 11.9. The van der Waals surface area contributed by atoms with Gasteiger partial charge < -0.3 is 10.3 Å². The lowest BCUT2D eigenvalue weighted by Crippen LogP contribution is -2.04. The van der Waals surface area contributed by atoms with Crippen molar-refractivity contribution >= 4 is 10.9 Å². The van der Waals surface area contributed by atoms with Crippen LogP contribution in [-0.4, -0.2) is 11.1 Å². The summed E-state index contributed by atoms with van der Waals surface area (Å²) >= 11 is 0. The second-order valence-corrected chi connectivity index (χ2v) is 4.64. The molecule has 0 fully saturated rings. The average molecular weight is 216 g/mol. The second kappa shape index (κ2) is 3.95. The first-order valence-electron chi connectivity index (χ1n) is 5.81. The zero-order valence-electron chi connectivity index (χ0n) is 10.6. The van der Waals surface area contributed by atoms with Crippen molar-refractivity contribution in [3.8, 4) is 0 Å². The van der Waals surface area contributed by atoms with Gasteiger partial charge in [0.1, 0.15) is 0 Å². The molecule has 86 valence electrons. The fourth-order valence-electron chi connectivity index (χ4n) is 2.62. The topological polar surface area (TPSA) is 30.9 Å². The van der Waals surface area contributed by atoms with Crippen LogP contribution in [0.1, 0.15) is 22.4 Å². The van der Waals surface area contributed by atoms with Gasteiger partial charge >= 0.3 is 0 Å². The highest BCUT2D eigenvalue weighted by molar-refractivity contribution is 5.89. The van der Waals surface area contributed by atoms with E-state index in [1.165, 1.54) is 33.3 Å². The van der Waals surface area contributed by atoms with Gasteiger partial charge in [-0.05, 0) is 56.5 Å². The normalized spacial score (nSPS) is 11.3. The molecule has 0 amide bonds. The van der Waals surface area contributed by atoms with Gasteiger partial charge in [0, 0.05) is 23.6 Å². The summed E-state index contributed by atoms with van der Waals surface area (Å²) in [6.07, 6.45) is 0.965. The van der Waals surface area contributed by atoms with E-state index in [2.05, 4.69) is 44.5 Å². The second-order valence-electron chi connectivity index (χ2n) is 4.64. The molecule has 2 heteroatoms. The number of hydrogen-bond donors (Lipinski definition) is 1. The molecule has 0 bridgehead atoms. The van der Waals surface area contributed by atoms with Crippen molar-refractivity contribution in [3.63, 3.8) is 0 Å². The number of nitrogens with two attached hydrogens (primary N) is 1. The van der Waals surface area contributed by atoms with Crippen LogP contribution in [0.4, 0.5) is 0 Å². The van der Waals surface area contributed by atoms with Crippen LogP contribution < -0.4 is 5.73 Å². The van der Waals surface area contributed by atoms with Crippen LogP contribution >= 0.6 is 0 Å². The molecule has 0 atom stereocenters. The molecular formula is C14H20N2. The van der Waals surface area contributed by atoms with Gasteiger partial charge in [0.2, 0.25) is 0 Å². The molecule has 16 heavy (non-hydrogen) atoms. The van der Waals surface area contributed by atoms with Gasteiger partial charge in [0.15, 0.2) is 0 Å². The smallest absolute Gasteiger partial charge is 0.0488 e. The van der Waals surface area contributed by atoms with Crippen molar-refractivity contribution in [3.05, 3.63) is 34.5 Å². The minimum atomic E-state index is 0.716. The highest BCUT2D eigenvalue weighted by Crippen LogP contribution is 2.29. The first-order valence-corrected chi connectivity index (χ1v) is 5.81. The number of fused-ring (bicyclic) bond motifs is 1. The van der Waals surface area contributed by atoms with E-state index in [0.29, 0.717) is 6.54 Å². The van der Waals surface area contributed by atoms with E-state index in [1.807, 2.05) is 0 Å². The predicted molar refractivity (Wildman–Crippen MR) is 69.9 cm³/mol. The highest BCUT2D eigenvalue weighted by Gasteiger charge is 2.13. The third-order valence-corrected chi connectivity index (χ3v) is 3.46. The minimum Gasteiger partial charge on any atom is -0.348 e. The maximum Gasteiger partial charge on any atom is 0.0488 e. The number of nitrogens with zero attached hydrogens (tertiary/aromatic N) is 1. The fourth-order valence-corrected chi connectivity index (χ4v) is 2.62. The monoisotopic (exact) mass is 216 g/mol. The Kier molecular flexibility index (Phi) is 2.76. The van der Waals surface area contributed by atoms with Crippen LogP contribution in [0.2, 0.25) is 0 Å². The van der Waals surface area contributed by atoms with Crippen molar-refractivity contribution in [2.75, 3.05) is 6.54 Å². The minimum absolute atomic E-state index is 0.716. The van der Waals surface area contributed by atoms with Gasteiger partial charge in [-0.2, -0.15) is 0 Å². The number of aryl methyl sites for hydroxylation is 3. The van der Waals surface area contributed by atoms with Crippen LogP contribution in [0, 0.1) is 20.8 Å². The number of hydrogen-bond acceptors (Lipinski definition) is 1. The van der Waals surface area contributed by atoms with Gasteiger partial charge in [0.25, 0.3) is 0 Å². The van der Waals surface area contributed by atoms with Gasteiger partial charge in [-0.3, -0.25) is 0 Å². The quantitative estimate of drug-likeness (QED) is 0.822. The van der Waals surface area contributed by atoms with Gasteiger partial charge in [-0.1, -0.05) is 6.07 Å². The molecule has 0 aliphatic carbocycles. The summed E-state index contributed by atoms with van der Waals surface area (Å²) in [6, 6.07) is 4.51. The Bertz CT molecular complexity index is 535. The summed E-state index contributed by atoms with van der Waals surface area (Å²) in [4.78, 5) is 0. The van der Waals surface area contributed by atoms with Crippen LogP contribution in [0.3, 0.4) is 0 Å². The predicted octanol–water partition coefficient (Wildman–Crippen LogP) is 2.60. The maximum absolute atomic E-state index is 5.70. The first kappa shape index (κ1) is 11.2. The lowest BCUT2D eigenvalue weighted by atomic mass is 10.0. The lowest BCUT2D eigenvalue weighted by Gasteiger charge is -2.03. The summed E-state index contributed by atoms with van der Waals surface area (Å²) in [5, 5.41) is 1.40. The summed E-state index contributed by atoms with van der Waals surface area (Å²) in [7, 11) is 2.14. The van der Waals surface area contributed by atoms with Crippen LogP contribution in [-0.2, 0) is 13.5 Å². The third kappa shape index (κ3) is 1.54. The molecule has 0 saturated carbocycles. The Morgan fingerprint density at radius 1 is 1.19 bits per heavy atom. The Hall–Kier alpha value is -1.28. The summed E-state index contributed by atoms with van der Waals surface area (Å²) < 4.78 is 2.28. The van der Waals surface area contributed by atoms with Crippen LogP contribution in [0.25, 0.3) is 10.9 Å². The summed E-state index contributed by atoms with van der Waals surface area (Å²) in [5.41, 5.74) is 12.5. The molecule has 2 nitrogen and oxygen atoms in total. The van der Waals surface area contributed by atoms with Gasteiger partial charge in [0.05, 0.1) is 0 Å². The molecule has 1 aromatic carbocycles. The molecule has 0 unspecified atom stereocenters. The highest BCUT2D eigenvalue weighted by atomic mass is 14.9. The van der Waals surface area contributed by atoms with E-state index >= 15 is 0 Å². The Balaban J connectivity index is 2.85. The van der Waals surface area contributed by atoms with Crippen molar-refractivity contribution in [2.45, 2.75) is 27.2 Å². The van der Waals surface area contributed by atoms with Crippen LogP contribution in [0.5, 0.6) is 0 Å². The van der Waals surface area contributed by atoms with E-state index in [9.17, 15) is 0 Å². The summed E-state index contributed by atoms with van der Waals surface area (Å²) in [5.74, 6) is 0. The third-order valence-electron chi connectivity index (χ3n) is 3.46. The SMILES string of the molecule is Cc1cc(C)c2c(CCN)c(C)n(C)c2c1. The molecule has 0 aliphatic rings. The van der Waals surface area contributed by atoms with E-state index in [4.69, 9.17) is 5.73 Å². The van der Waals surface area contributed by atoms with Gasteiger partial charge in [-0.25, -0.2) is 0 Å². The van der Waals surface area contributed by atoms with Crippen molar-refractivity contribution in [1.82, 2.24) is 4.57 Å². The van der Waals surface area contributed by atoms with E-state index in [0.717, 1.165) is 6.42 Å². The largest absolute Gasteiger partial charge is 0.348 e. The zero-order valence-corrected chi connectivity index (χ0v) is 10.6. The molecule has 0 radical (unpaired) electrons. The van der Waals surface area contributed by atoms with Crippen molar-refractivity contribution < 1.29 is 0 Å². The fraction of sp³-hybridized carbons (Fsp3) is 0.429. The molecule has 2 N–H and O–H groups in total. The van der Waals surface area contributed by atoms with Gasteiger partial charge in [-0.15, -0.1) is 0 Å². The molecule has 0 saturated heterocycles. The number of aromatic nitrogens is 1. The lowest BCUT2D eigenvalue weighted by molar-refractivity contribution is 0.882. The number of benzene rings is 1. The molecule has 2 rings (SSSR count). The Morgan fingerprint density at radius 3 is 2.50 bits per heavy atom. The van der Waals surface area contributed by atoms with Crippen LogP contribution in [0.15, 0.2) is 12.1 Å². The average Bonchev–Trinajstić information content (AvgIpc) is 2.44. The molecule has 0 spiro atoms. The molecule has 1 aromatic heterocycles. The molecule has 2 aromatic rings. The van der Waals surface area contributed by atoms with E-state index in [1.54, 1.807) is 0 Å². The van der Waals surface area contributed by atoms with Crippen molar-refractivity contribution in [2.24, 2.45) is 12.8 Å². The maximum atomic E-state index is 5.70. The molecule has 1 heterocycles. The standard InChI is InChI=1S/C14H20N2/c1-9-7-10(2)14-12(5-6-15)11(3)16(4)13(14)8-9/h7-8H,5-6,15H2,1-4H3. The first-order chi connectivity index (χ1) is 7.56. The molecule has 0 aliphatic heterocycles. The van der Waals surface area contributed by atoms with Crippen molar-refractivity contribution in [1.29, 1.82) is 0 Å².